The number of rotatable bonds is 8. The van der Waals surface area contributed by atoms with Crippen LogP contribution in [0.4, 0.5) is 5.69 Å². The molecule has 7 nitrogen and oxygen atoms in total. The lowest BCUT2D eigenvalue weighted by atomic mass is 10.0. The number of aromatic nitrogens is 3. The first-order chi connectivity index (χ1) is 14.9. The summed E-state index contributed by atoms with van der Waals surface area (Å²) in [7, 11) is 1.82. The van der Waals surface area contributed by atoms with Crippen LogP contribution in [0.15, 0.2) is 59.8 Å². The van der Waals surface area contributed by atoms with Crippen molar-refractivity contribution in [1.82, 2.24) is 20.1 Å². The number of para-hydroxylation sites is 1. The van der Waals surface area contributed by atoms with Crippen LogP contribution in [0.5, 0.6) is 0 Å². The fraction of sp³-hybridized carbons (Fsp3) is 0.273. The molecule has 31 heavy (non-hydrogen) atoms. The van der Waals surface area contributed by atoms with Crippen molar-refractivity contribution in [1.29, 1.82) is 0 Å². The maximum atomic E-state index is 12.7. The van der Waals surface area contributed by atoms with Crippen LogP contribution in [-0.2, 0) is 11.8 Å². The zero-order valence-corrected chi connectivity index (χ0v) is 19.1. The Labute approximate surface area is 190 Å². The minimum Gasteiger partial charge on any atom is -0.342 e. The van der Waals surface area contributed by atoms with Gasteiger partial charge in [-0.15, -0.1) is 10.2 Å². The van der Waals surface area contributed by atoms with E-state index in [-0.39, 0.29) is 29.5 Å². The Hall–Kier alpha value is -2.84. The number of anilines is 1. The first-order valence-electron chi connectivity index (χ1n) is 9.79. The van der Waals surface area contributed by atoms with Gasteiger partial charge < -0.3 is 15.2 Å². The standard InChI is InChI=1S/C22H24ClN5O2S/c1-14(2)19(25-21(30)16-11-7-8-12-17(16)23)20-26-27-22(28(20)3)31-13-18(29)24-15-9-5-4-6-10-15/h4-12,14,19H,13H2,1-3H3,(H,24,29)(H,25,30). The molecule has 0 aliphatic rings. The van der Waals surface area contributed by atoms with Crippen molar-refractivity contribution in [2.75, 3.05) is 11.1 Å². The minimum atomic E-state index is -0.367. The first-order valence-corrected chi connectivity index (χ1v) is 11.2. The number of hydrogen-bond donors (Lipinski definition) is 2. The molecule has 1 heterocycles. The largest absolute Gasteiger partial charge is 0.342 e. The monoisotopic (exact) mass is 457 g/mol. The third-order valence-electron chi connectivity index (χ3n) is 4.61. The zero-order valence-electron chi connectivity index (χ0n) is 17.5. The van der Waals surface area contributed by atoms with Crippen LogP contribution in [0, 0.1) is 5.92 Å². The molecule has 0 aliphatic carbocycles. The number of carbonyl (C=O) groups is 2. The predicted octanol–water partition coefficient (Wildman–Crippen LogP) is 4.33. The van der Waals surface area contributed by atoms with Gasteiger partial charge in [0.2, 0.25) is 5.91 Å². The average Bonchev–Trinajstić information content (AvgIpc) is 3.11. The fourth-order valence-corrected chi connectivity index (χ4v) is 3.90. The molecule has 1 aromatic heterocycles. The van der Waals surface area contributed by atoms with Gasteiger partial charge in [0.15, 0.2) is 11.0 Å². The second-order valence-electron chi connectivity index (χ2n) is 7.28. The number of thioether (sulfide) groups is 1. The summed E-state index contributed by atoms with van der Waals surface area (Å²) in [4.78, 5) is 25.0. The summed E-state index contributed by atoms with van der Waals surface area (Å²) in [6.07, 6.45) is 0. The van der Waals surface area contributed by atoms with E-state index in [2.05, 4.69) is 20.8 Å². The Morgan fingerprint density at radius 1 is 1.06 bits per heavy atom. The van der Waals surface area contributed by atoms with Gasteiger partial charge in [0.25, 0.3) is 5.91 Å². The topological polar surface area (TPSA) is 88.9 Å². The van der Waals surface area contributed by atoms with Crippen molar-refractivity contribution in [3.63, 3.8) is 0 Å². The van der Waals surface area contributed by atoms with Crippen LogP contribution >= 0.6 is 23.4 Å². The quantitative estimate of drug-likeness (QED) is 0.491. The highest BCUT2D eigenvalue weighted by atomic mass is 35.5. The Balaban J connectivity index is 1.68. The number of benzene rings is 2. The van der Waals surface area contributed by atoms with Gasteiger partial charge in [-0.1, -0.05) is 67.5 Å². The van der Waals surface area contributed by atoms with E-state index >= 15 is 0 Å². The van der Waals surface area contributed by atoms with Crippen LogP contribution in [0.25, 0.3) is 0 Å². The molecule has 0 saturated carbocycles. The smallest absolute Gasteiger partial charge is 0.253 e. The lowest BCUT2D eigenvalue weighted by molar-refractivity contribution is -0.113. The molecule has 0 bridgehead atoms. The van der Waals surface area contributed by atoms with E-state index in [1.54, 1.807) is 28.8 Å². The van der Waals surface area contributed by atoms with E-state index in [0.717, 1.165) is 5.69 Å². The Morgan fingerprint density at radius 3 is 2.42 bits per heavy atom. The van der Waals surface area contributed by atoms with E-state index in [9.17, 15) is 9.59 Å². The predicted molar refractivity (Wildman–Crippen MR) is 123 cm³/mol. The van der Waals surface area contributed by atoms with Crippen molar-refractivity contribution in [2.45, 2.75) is 25.0 Å². The van der Waals surface area contributed by atoms with E-state index in [1.165, 1.54) is 11.8 Å². The van der Waals surface area contributed by atoms with Gasteiger partial charge in [-0.25, -0.2) is 0 Å². The molecule has 162 valence electrons. The molecular weight excluding hydrogens is 434 g/mol. The molecule has 2 N–H and O–H groups in total. The van der Waals surface area contributed by atoms with Crippen LogP contribution in [0.1, 0.15) is 36.1 Å². The van der Waals surface area contributed by atoms with Crippen molar-refractivity contribution < 1.29 is 9.59 Å². The number of nitrogens with zero attached hydrogens (tertiary/aromatic N) is 3. The maximum absolute atomic E-state index is 12.7. The Bertz CT molecular complexity index is 1060. The molecule has 9 heteroatoms. The molecule has 0 spiro atoms. The van der Waals surface area contributed by atoms with Crippen LogP contribution in [-0.4, -0.2) is 32.3 Å². The van der Waals surface area contributed by atoms with Gasteiger partial charge in [0.05, 0.1) is 22.4 Å². The lowest BCUT2D eigenvalue weighted by Crippen LogP contribution is -2.33. The van der Waals surface area contributed by atoms with E-state index in [0.29, 0.717) is 21.6 Å². The summed E-state index contributed by atoms with van der Waals surface area (Å²) in [6.45, 7) is 3.98. The third-order valence-corrected chi connectivity index (χ3v) is 5.96. The Morgan fingerprint density at radius 2 is 1.74 bits per heavy atom. The Kier molecular flexibility index (Phi) is 7.70. The van der Waals surface area contributed by atoms with Crippen LogP contribution in [0.2, 0.25) is 5.02 Å². The molecule has 2 amide bonds. The van der Waals surface area contributed by atoms with Gasteiger partial charge in [-0.05, 0) is 30.2 Å². The van der Waals surface area contributed by atoms with Crippen molar-refractivity contribution in [3.8, 4) is 0 Å². The van der Waals surface area contributed by atoms with Crippen LogP contribution < -0.4 is 10.6 Å². The molecule has 0 aliphatic heterocycles. The van der Waals surface area contributed by atoms with Crippen molar-refractivity contribution in [2.24, 2.45) is 13.0 Å². The molecule has 0 fully saturated rings. The summed E-state index contributed by atoms with van der Waals surface area (Å²) in [5.41, 5.74) is 1.15. The van der Waals surface area contributed by atoms with Gasteiger partial charge in [-0.3, -0.25) is 9.59 Å². The second kappa shape index (κ2) is 10.5. The van der Waals surface area contributed by atoms with E-state index < -0.39 is 0 Å². The highest BCUT2D eigenvalue weighted by molar-refractivity contribution is 7.99. The van der Waals surface area contributed by atoms with Gasteiger partial charge >= 0.3 is 0 Å². The van der Waals surface area contributed by atoms with E-state index in [1.807, 2.05) is 51.2 Å². The molecule has 1 atom stereocenters. The summed E-state index contributed by atoms with van der Waals surface area (Å²) in [6, 6.07) is 15.8. The molecular formula is C22H24ClN5O2S. The third kappa shape index (κ3) is 5.86. The van der Waals surface area contributed by atoms with Crippen molar-refractivity contribution in [3.05, 3.63) is 71.0 Å². The number of nitrogens with one attached hydrogen (secondary N) is 2. The van der Waals surface area contributed by atoms with Gasteiger partial charge in [0, 0.05) is 12.7 Å². The SMILES string of the molecule is CC(C)C(NC(=O)c1ccccc1Cl)c1nnc(SCC(=O)Nc2ccccc2)n1C. The first kappa shape index (κ1) is 22.8. The van der Waals surface area contributed by atoms with Crippen LogP contribution in [0.3, 0.4) is 0 Å². The normalized spacial score (nSPS) is 11.9. The van der Waals surface area contributed by atoms with Crippen molar-refractivity contribution >= 4 is 40.9 Å². The average molecular weight is 458 g/mol. The summed E-state index contributed by atoms with van der Waals surface area (Å²) in [5, 5.41) is 15.3. The maximum Gasteiger partial charge on any atom is 0.253 e. The highest BCUT2D eigenvalue weighted by Crippen LogP contribution is 2.25. The molecule has 0 saturated heterocycles. The molecule has 2 aromatic carbocycles. The number of halogens is 1. The lowest BCUT2D eigenvalue weighted by Gasteiger charge is -2.22. The number of carbonyl (C=O) groups excluding carboxylic acids is 2. The second-order valence-corrected chi connectivity index (χ2v) is 8.63. The van der Waals surface area contributed by atoms with Gasteiger partial charge in [-0.2, -0.15) is 0 Å². The molecule has 3 aromatic rings. The summed E-state index contributed by atoms with van der Waals surface area (Å²) < 4.78 is 1.80. The summed E-state index contributed by atoms with van der Waals surface area (Å²) in [5.74, 6) is 0.464. The number of hydrogen-bond acceptors (Lipinski definition) is 5. The highest BCUT2D eigenvalue weighted by Gasteiger charge is 2.26. The molecule has 1 unspecified atom stereocenters. The molecule has 3 rings (SSSR count). The number of amides is 2. The van der Waals surface area contributed by atoms with Gasteiger partial charge in [0.1, 0.15) is 0 Å². The minimum absolute atomic E-state index is 0.0635. The summed E-state index contributed by atoms with van der Waals surface area (Å²) >= 11 is 7.44. The van der Waals surface area contributed by atoms with E-state index in [4.69, 9.17) is 11.6 Å². The zero-order chi connectivity index (χ0) is 22.4. The molecule has 0 radical (unpaired) electrons. The fourth-order valence-electron chi connectivity index (χ4n) is 2.97.